The average molecular weight is 339 g/mol. The lowest BCUT2D eigenvalue weighted by Crippen LogP contribution is -2.28. The summed E-state index contributed by atoms with van der Waals surface area (Å²) in [6.07, 6.45) is 1.34. The number of hydrogen-bond donors (Lipinski definition) is 0. The molecule has 0 aliphatic carbocycles. The molecule has 0 N–H and O–H groups in total. The van der Waals surface area contributed by atoms with Crippen molar-refractivity contribution in [1.82, 2.24) is 0 Å². The van der Waals surface area contributed by atoms with Crippen molar-refractivity contribution >= 4 is 11.7 Å². The molecule has 1 aromatic rings. The van der Waals surface area contributed by atoms with Crippen molar-refractivity contribution in [3.8, 4) is 5.75 Å². The first-order chi connectivity index (χ1) is 11.6. The highest BCUT2D eigenvalue weighted by atomic mass is 16.6. The quantitative estimate of drug-likeness (QED) is 0.294. The number of nitrogens with zero attached hydrogens (tertiary/aromatic N) is 1. The second-order valence-electron chi connectivity index (χ2n) is 5.38. The number of esters is 1. The molecule has 1 heterocycles. The van der Waals surface area contributed by atoms with Crippen molar-refractivity contribution in [2.24, 2.45) is 0 Å². The second kappa shape index (κ2) is 9.19. The van der Waals surface area contributed by atoms with Crippen LogP contribution in [0.25, 0.3) is 0 Å². The first-order valence-electron chi connectivity index (χ1n) is 7.83. The molecule has 0 aromatic heterocycles. The lowest BCUT2D eigenvalue weighted by atomic mass is 10.2. The summed E-state index contributed by atoms with van der Waals surface area (Å²) >= 11 is 0. The summed E-state index contributed by atoms with van der Waals surface area (Å²) in [6, 6.07) is 5.82. The summed E-state index contributed by atoms with van der Waals surface area (Å²) < 4.78 is 21.2. The van der Waals surface area contributed by atoms with E-state index in [9.17, 15) is 14.9 Å². The molecular weight excluding hydrogens is 318 g/mol. The van der Waals surface area contributed by atoms with Crippen LogP contribution in [-0.4, -0.2) is 49.5 Å². The highest BCUT2D eigenvalue weighted by Gasteiger charge is 2.20. The molecule has 1 aliphatic rings. The van der Waals surface area contributed by atoms with E-state index in [1.165, 1.54) is 18.2 Å². The third-order valence-electron chi connectivity index (χ3n) is 3.51. The SMILES string of the molecule is CC(OCC1CCCO1)C(=O)OCCOc1cccc([N+](=O)[O-])c1. The van der Waals surface area contributed by atoms with Gasteiger partial charge in [0.05, 0.1) is 23.7 Å². The van der Waals surface area contributed by atoms with E-state index in [1.807, 2.05) is 0 Å². The van der Waals surface area contributed by atoms with Gasteiger partial charge in [-0.25, -0.2) is 4.79 Å². The summed E-state index contributed by atoms with van der Waals surface area (Å²) in [5.41, 5.74) is -0.0550. The molecule has 2 unspecified atom stereocenters. The third kappa shape index (κ3) is 5.78. The van der Waals surface area contributed by atoms with Crippen LogP contribution in [0.15, 0.2) is 24.3 Å². The van der Waals surface area contributed by atoms with Gasteiger partial charge in [0, 0.05) is 12.7 Å². The van der Waals surface area contributed by atoms with Crippen LogP contribution < -0.4 is 4.74 Å². The summed E-state index contributed by atoms with van der Waals surface area (Å²) in [5.74, 6) is -0.126. The first kappa shape index (κ1) is 18.2. The number of carbonyl (C=O) groups excluding carboxylic acids is 1. The van der Waals surface area contributed by atoms with Gasteiger partial charge in [-0.05, 0) is 25.8 Å². The summed E-state index contributed by atoms with van der Waals surface area (Å²) in [5, 5.41) is 10.7. The summed E-state index contributed by atoms with van der Waals surface area (Å²) in [7, 11) is 0. The number of nitro groups is 1. The van der Waals surface area contributed by atoms with E-state index in [0.717, 1.165) is 19.4 Å². The molecule has 1 aromatic carbocycles. The predicted molar refractivity (Wildman–Crippen MR) is 83.9 cm³/mol. The van der Waals surface area contributed by atoms with Crippen molar-refractivity contribution in [1.29, 1.82) is 0 Å². The van der Waals surface area contributed by atoms with Crippen molar-refractivity contribution in [2.75, 3.05) is 26.4 Å². The maximum absolute atomic E-state index is 11.8. The van der Waals surface area contributed by atoms with Gasteiger partial charge < -0.3 is 18.9 Å². The number of non-ortho nitro benzene ring substituents is 1. The Balaban J connectivity index is 1.63. The Morgan fingerprint density at radius 2 is 2.29 bits per heavy atom. The van der Waals surface area contributed by atoms with Crippen LogP contribution in [0.5, 0.6) is 5.75 Å². The predicted octanol–water partition coefficient (Wildman–Crippen LogP) is 2.10. The van der Waals surface area contributed by atoms with Crippen molar-refractivity contribution in [3.63, 3.8) is 0 Å². The molecule has 1 fully saturated rings. The van der Waals surface area contributed by atoms with E-state index in [1.54, 1.807) is 13.0 Å². The minimum atomic E-state index is -0.674. The van der Waals surface area contributed by atoms with Crippen LogP contribution in [0.2, 0.25) is 0 Å². The maximum atomic E-state index is 11.8. The Labute approximate surface area is 139 Å². The zero-order valence-corrected chi connectivity index (χ0v) is 13.5. The molecule has 2 rings (SSSR count). The van der Waals surface area contributed by atoms with Crippen LogP contribution in [0.4, 0.5) is 5.69 Å². The lowest BCUT2D eigenvalue weighted by molar-refractivity contribution is -0.384. The van der Waals surface area contributed by atoms with Gasteiger partial charge in [-0.15, -0.1) is 0 Å². The van der Waals surface area contributed by atoms with Crippen molar-refractivity contribution in [2.45, 2.75) is 32.0 Å². The third-order valence-corrected chi connectivity index (χ3v) is 3.51. The average Bonchev–Trinajstić information content (AvgIpc) is 3.10. The number of hydrogen-bond acceptors (Lipinski definition) is 7. The van der Waals surface area contributed by atoms with Crippen LogP contribution in [-0.2, 0) is 19.0 Å². The molecule has 0 bridgehead atoms. The molecule has 24 heavy (non-hydrogen) atoms. The van der Waals surface area contributed by atoms with Gasteiger partial charge >= 0.3 is 5.97 Å². The number of nitro benzene ring substituents is 1. The fraction of sp³-hybridized carbons (Fsp3) is 0.562. The Kier molecular flexibility index (Phi) is 6.95. The molecular formula is C16H21NO7. The molecule has 132 valence electrons. The van der Waals surface area contributed by atoms with Gasteiger partial charge in [-0.2, -0.15) is 0 Å². The van der Waals surface area contributed by atoms with E-state index in [2.05, 4.69) is 0 Å². The number of carbonyl (C=O) groups is 1. The molecule has 8 heteroatoms. The molecule has 0 spiro atoms. The topological polar surface area (TPSA) is 97.1 Å². The van der Waals surface area contributed by atoms with Crippen LogP contribution in [0.3, 0.4) is 0 Å². The molecule has 1 aliphatic heterocycles. The standard InChI is InChI=1S/C16H21NO7/c1-12(24-11-15-6-3-7-21-15)16(18)23-9-8-22-14-5-2-4-13(10-14)17(19)20/h2,4-5,10,12,15H,3,6-9,11H2,1H3. The fourth-order valence-electron chi connectivity index (χ4n) is 2.20. The Morgan fingerprint density at radius 3 is 3.00 bits per heavy atom. The maximum Gasteiger partial charge on any atom is 0.335 e. The van der Waals surface area contributed by atoms with E-state index >= 15 is 0 Å². The van der Waals surface area contributed by atoms with E-state index in [0.29, 0.717) is 12.4 Å². The van der Waals surface area contributed by atoms with Crippen molar-refractivity contribution in [3.05, 3.63) is 34.4 Å². The highest BCUT2D eigenvalue weighted by Crippen LogP contribution is 2.19. The summed E-state index contributed by atoms with van der Waals surface area (Å²) in [4.78, 5) is 21.9. The van der Waals surface area contributed by atoms with Gasteiger partial charge in [-0.3, -0.25) is 10.1 Å². The normalized spacial score (nSPS) is 18.1. The largest absolute Gasteiger partial charge is 0.490 e. The van der Waals surface area contributed by atoms with Crippen LogP contribution in [0.1, 0.15) is 19.8 Å². The molecule has 0 amide bonds. The van der Waals surface area contributed by atoms with Crippen LogP contribution in [0, 0.1) is 10.1 Å². The minimum Gasteiger partial charge on any atom is -0.490 e. The molecule has 0 saturated carbocycles. The Bertz CT molecular complexity index is 557. The zero-order chi connectivity index (χ0) is 17.4. The number of ether oxygens (including phenoxy) is 4. The lowest BCUT2D eigenvalue weighted by Gasteiger charge is -2.15. The monoisotopic (exact) mass is 339 g/mol. The first-order valence-corrected chi connectivity index (χ1v) is 7.83. The highest BCUT2D eigenvalue weighted by molar-refractivity contribution is 5.74. The zero-order valence-electron chi connectivity index (χ0n) is 13.5. The molecule has 1 saturated heterocycles. The smallest absolute Gasteiger partial charge is 0.335 e. The van der Waals surface area contributed by atoms with Gasteiger partial charge in [0.1, 0.15) is 19.0 Å². The Hall–Kier alpha value is -2.19. The fourth-order valence-corrected chi connectivity index (χ4v) is 2.20. The van der Waals surface area contributed by atoms with E-state index < -0.39 is 17.0 Å². The van der Waals surface area contributed by atoms with E-state index in [-0.39, 0.29) is 25.0 Å². The Morgan fingerprint density at radius 1 is 1.46 bits per heavy atom. The molecule has 0 radical (unpaired) electrons. The van der Waals surface area contributed by atoms with Gasteiger partial charge in [0.2, 0.25) is 0 Å². The minimum absolute atomic E-state index is 0.0369. The number of benzene rings is 1. The van der Waals surface area contributed by atoms with Crippen molar-refractivity contribution < 1.29 is 28.7 Å². The number of rotatable bonds is 9. The van der Waals surface area contributed by atoms with Gasteiger partial charge in [0.25, 0.3) is 5.69 Å². The molecule has 2 atom stereocenters. The second-order valence-corrected chi connectivity index (χ2v) is 5.38. The summed E-state index contributed by atoms with van der Waals surface area (Å²) in [6.45, 7) is 2.88. The van der Waals surface area contributed by atoms with Gasteiger partial charge in [0.15, 0.2) is 6.10 Å². The van der Waals surface area contributed by atoms with Gasteiger partial charge in [-0.1, -0.05) is 6.07 Å². The van der Waals surface area contributed by atoms with E-state index in [4.69, 9.17) is 18.9 Å². The molecule has 8 nitrogen and oxygen atoms in total. The van der Waals surface area contributed by atoms with Crippen LogP contribution >= 0.6 is 0 Å².